The number of hydrogen-bond acceptors (Lipinski definition) is 5. The number of nitrogens with one attached hydrogen (secondary N) is 1. The van der Waals surface area contributed by atoms with Crippen molar-refractivity contribution in [2.45, 2.75) is 30.8 Å². The van der Waals surface area contributed by atoms with Gasteiger partial charge in [0.2, 0.25) is 10.0 Å². The van der Waals surface area contributed by atoms with E-state index in [1.165, 1.54) is 19.1 Å². The lowest BCUT2D eigenvalue weighted by Crippen LogP contribution is -2.37. The highest BCUT2D eigenvalue weighted by atomic mass is 79.9. The van der Waals surface area contributed by atoms with Crippen LogP contribution in [0.3, 0.4) is 0 Å². The highest BCUT2D eigenvalue weighted by molar-refractivity contribution is 9.10. The van der Waals surface area contributed by atoms with Crippen molar-refractivity contribution >= 4 is 37.8 Å². The summed E-state index contributed by atoms with van der Waals surface area (Å²) in [7, 11) is -3.72. The van der Waals surface area contributed by atoms with E-state index in [0.29, 0.717) is 13.0 Å². The maximum atomic E-state index is 12.1. The molecule has 9 heteroatoms. The number of rotatable bonds is 8. The standard InChI is InChI=1S/C19H21BrN2O5S/c1-13(27-18(23)12-15-2-6-16(20)7-3-15)19(24)22-11-10-14-4-8-17(9-5-14)28(21,25)26/h2-9,13H,10-12H2,1H3,(H,22,24)(H2,21,25,26). The Morgan fingerprint density at radius 3 is 2.21 bits per heavy atom. The monoisotopic (exact) mass is 468 g/mol. The van der Waals surface area contributed by atoms with Crippen LogP contribution in [0.2, 0.25) is 0 Å². The van der Waals surface area contributed by atoms with Gasteiger partial charge in [0.1, 0.15) is 0 Å². The number of ether oxygens (including phenoxy) is 1. The van der Waals surface area contributed by atoms with Crippen LogP contribution < -0.4 is 10.5 Å². The Labute approximate surface area is 172 Å². The molecule has 2 aromatic rings. The molecule has 0 saturated carbocycles. The van der Waals surface area contributed by atoms with Gasteiger partial charge in [0.05, 0.1) is 11.3 Å². The van der Waals surface area contributed by atoms with Gasteiger partial charge < -0.3 is 10.1 Å². The molecule has 1 amide bonds. The van der Waals surface area contributed by atoms with Gasteiger partial charge in [-0.05, 0) is 48.7 Å². The number of primary sulfonamides is 1. The quantitative estimate of drug-likeness (QED) is 0.574. The van der Waals surface area contributed by atoms with Gasteiger partial charge in [0.25, 0.3) is 5.91 Å². The first kappa shape index (κ1) is 22.1. The molecule has 0 radical (unpaired) electrons. The number of carbonyl (C=O) groups excluding carboxylic acids is 2. The van der Waals surface area contributed by atoms with Crippen LogP contribution in [0.25, 0.3) is 0 Å². The van der Waals surface area contributed by atoms with Crippen molar-refractivity contribution in [2.24, 2.45) is 5.14 Å². The minimum absolute atomic E-state index is 0.0339. The number of halogens is 1. The Bertz CT molecular complexity index is 928. The molecule has 2 rings (SSSR count). The lowest BCUT2D eigenvalue weighted by atomic mass is 10.1. The van der Waals surface area contributed by atoms with Crippen molar-refractivity contribution in [3.05, 3.63) is 64.1 Å². The van der Waals surface area contributed by atoms with Crippen molar-refractivity contribution in [1.29, 1.82) is 0 Å². The fourth-order valence-electron chi connectivity index (χ4n) is 2.38. The zero-order valence-corrected chi connectivity index (χ0v) is 17.6. The van der Waals surface area contributed by atoms with E-state index in [2.05, 4.69) is 21.2 Å². The Morgan fingerprint density at radius 1 is 1.07 bits per heavy atom. The number of nitrogens with two attached hydrogens (primary N) is 1. The second-order valence-corrected chi connectivity index (χ2v) is 8.64. The topological polar surface area (TPSA) is 116 Å². The molecule has 0 heterocycles. The Hall–Kier alpha value is -2.23. The number of hydrogen-bond donors (Lipinski definition) is 2. The van der Waals surface area contributed by atoms with Crippen LogP contribution in [0.15, 0.2) is 57.9 Å². The minimum Gasteiger partial charge on any atom is -0.452 e. The zero-order chi connectivity index (χ0) is 20.7. The third-order valence-corrected chi connectivity index (χ3v) is 5.36. The predicted octanol–water partition coefficient (Wildman–Crippen LogP) is 1.93. The van der Waals surface area contributed by atoms with Gasteiger partial charge in [-0.3, -0.25) is 9.59 Å². The molecule has 1 atom stereocenters. The van der Waals surface area contributed by atoms with Crippen molar-refractivity contribution < 1.29 is 22.7 Å². The molecule has 0 bridgehead atoms. The molecule has 3 N–H and O–H groups in total. The zero-order valence-electron chi connectivity index (χ0n) is 15.2. The molecule has 2 aromatic carbocycles. The first-order chi connectivity index (χ1) is 13.1. The van der Waals surface area contributed by atoms with Crippen LogP contribution >= 0.6 is 15.9 Å². The van der Waals surface area contributed by atoms with Crippen LogP contribution in [0.5, 0.6) is 0 Å². The molecule has 0 aliphatic heterocycles. The highest BCUT2D eigenvalue weighted by Crippen LogP contribution is 2.12. The SMILES string of the molecule is CC(OC(=O)Cc1ccc(Br)cc1)C(=O)NCCc1ccc(S(N)(=O)=O)cc1. The summed E-state index contributed by atoms with van der Waals surface area (Å²) in [5.74, 6) is -0.881. The first-order valence-electron chi connectivity index (χ1n) is 8.48. The Morgan fingerprint density at radius 2 is 1.64 bits per heavy atom. The summed E-state index contributed by atoms with van der Waals surface area (Å²) >= 11 is 3.32. The van der Waals surface area contributed by atoms with E-state index in [-0.39, 0.29) is 11.3 Å². The molecule has 0 aromatic heterocycles. The fourth-order valence-corrected chi connectivity index (χ4v) is 3.16. The van der Waals surface area contributed by atoms with Gasteiger partial charge in [0.15, 0.2) is 6.10 Å². The molecule has 0 spiro atoms. The molecular formula is C19H21BrN2O5S. The molecule has 28 heavy (non-hydrogen) atoms. The maximum Gasteiger partial charge on any atom is 0.311 e. The largest absolute Gasteiger partial charge is 0.452 e. The second kappa shape index (κ2) is 9.81. The molecular weight excluding hydrogens is 448 g/mol. The summed E-state index contributed by atoms with van der Waals surface area (Å²) in [6, 6.07) is 13.4. The molecule has 0 saturated heterocycles. The van der Waals surface area contributed by atoms with Gasteiger partial charge in [-0.1, -0.05) is 40.2 Å². The van der Waals surface area contributed by atoms with Crippen LogP contribution in [-0.2, 0) is 37.2 Å². The number of esters is 1. The minimum atomic E-state index is -3.72. The summed E-state index contributed by atoms with van der Waals surface area (Å²) < 4.78 is 28.5. The third kappa shape index (κ3) is 7.06. The second-order valence-electron chi connectivity index (χ2n) is 6.17. The Balaban J connectivity index is 1.76. The molecule has 0 fully saturated rings. The smallest absolute Gasteiger partial charge is 0.311 e. The molecule has 7 nitrogen and oxygen atoms in total. The lowest BCUT2D eigenvalue weighted by Gasteiger charge is -2.13. The van der Waals surface area contributed by atoms with Crippen molar-refractivity contribution in [1.82, 2.24) is 5.32 Å². The van der Waals surface area contributed by atoms with Crippen molar-refractivity contribution in [3.63, 3.8) is 0 Å². The number of benzene rings is 2. The van der Waals surface area contributed by atoms with Gasteiger partial charge in [0, 0.05) is 11.0 Å². The summed E-state index contributed by atoms with van der Waals surface area (Å²) in [4.78, 5) is 24.0. The van der Waals surface area contributed by atoms with Crippen molar-refractivity contribution in [3.8, 4) is 0 Å². The van der Waals surface area contributed by atoms with E-state index in [0.717, 1.165) is 15.6 Å². The van der Waals surface area contributed by atoms with E-state index in [4.69, 9.17) is 9.88 Å². The van der Waals surface area contributed by atoms with Crippen LogP contribution in [0, 0.1) is 0 Å². The summed E-state index contributed by atoms with van der Waals surface area (Å²) in [5, 5.41) is 7.73. The number of sulfonamides is 1. The van der Waals surface area contributed by atoms with E-state index >= 15 is 0 Å². The highest BCUT2D eigenvalue weighted by Gasteiger charge is 2.17. The average Bonchev–Trinajstić information content (AvgIpc) is 2.63. The van der Waals surface area contributed by atoms with Crippen LogP contribution in [-0.4, -0.2) is 32.9 Å². The van der Waals surface area contributed by atoms with Gasteiger partial charge in [-0.25, -0.2) is 13.6 Å². The lowest BCUT2D eigenvalue weighted by molar-refractivity contribution is -0.154. The summed E-state index contributed by atoms with van der Waals surface area (Å²) in [6.45, 7) is 1.83. The van der Waals surface area contributed by atoms with Crippen LogP contribution in [0.1, 0.15) is 18.1 Å². The fraction of sp³-hybridized carbons (Fsp3) is 0.263. The average molecular weight is 469 g/mol. The van der Waals surface area contributed by atoms with E-state index < -0.39 is 28.0 Å². The maximum absolute atomic E-state index is 12.1. The third-order valence-electron chi connectivity index (χ3n) is 3.90. The molecule has 0 aliphatic carbocycles. The molecule has 1 unspecified atom stereocenters. The Kier molecular flexibility index (Phi) is 7.73. The van der Waals surface area contributed by atoms with Gasteiger partial charge in [-0.15, -0.1) is 0 Å². The van der Waals surface area contributed by atoms with E-state index in [9.17, 15) is 18.0 Å². The number of carbonyl (C=O) groups is 2. The predicted molar refractivity (Wildman–Crippen MR) is 108 cm³/mol. The molecule has 0 aliphatic rings. The van der Waals surface area contributed by atoms with Gasteiger partial charge >= 0.3 is 5.97 Å². The molecule has 150 valence electrons. The van der Waals surface area contributed by atoms with Crippen molar-refractivity contribution in [2.75, 3.05) is 6.54 Å². The first-order valence-corrected chi connectivity index (χ1v) is 10.8. The van der Waals surface area contributed by atoms with E-state index in [1.54, 1.807) is 24.3 Å². The van der Waals surface area contributed by atoms with Crippen LogP contribution in [0.4, 0.5) is 0 Å². The summed E-state index contributed by atoms with van der Waals surface area (Å²) in [6.07, 6.45) is -0.329. The number of amides is 1. The summed E-state index contributed by atoms with van der Waals surface area (Å²) in [5.41, 5.74) is 1.64. The normalized spacial score (nSPS) is 12.2. The van der Waals surface area contributed by atoms with E-state index in [1.807, 2.05) is 12.1 Å². The van der Waals surface area contributed by atoms with Gasteiger partial charge in [-0.2, -0.15) is 0 Å².